The Kier molecular flexibility index (Phi) is 4.42. The van der Waals surface area contributed by atoms with E-state index in [4.69, 9.17) is 4.74 Å². The lowest BCUT2D eigenvalue weighted by atomic mass is 10.4. The zero-order chi connectivity index (χ0) is 9.52. The summed E-state index contributed by atoms with van der Waals surface area (Å²) in [4.78, 5) is 0. The maximum atomic E-state index is 4.93. The minimum absolute atomic E-state index is 0.802. The molecule has 0 unspecified atom stereocenters. The lowest BCUT2D eigenvalue weighted by molar-refractivity contribution is 0.194. The van der Waals surface area contributed by atoms with Gasteiger partial charge in [0.2, 0.25) is 0 Å². The first-order valence-electron chi connectivity index (χ1n) is 4.38. The molecule has 1 aromatic rings. The number of nitrogens with zero attached hydrogens (tertiary/aromatic N) is 3. The van der Waals surface area contributed by atoms with Gasteiger partial charge in [-0.05, 0) is 13.0 Å². The quantitative estimate of drug-likeness (QED) is 0.629. The van der Waals surface area contributed by atoms with E-state index in [1.165, 1.54) is 0 Å². The molecule has 1 rings (SSSR count). The summed E-state index contributed by atoms with van der Waals surface area (Å²) in [5.74, 6) is 0. The minimum Gasteiger partial charge on any atom is -0.385 e. The molecule has 0 radical (unpaired) electrons. The summed E-state index contributed by atoms with van der Waals surface area (Å²) in [6.07, 6.45) is 2.80. The Bertz CT molecular complexity index is 236. The summed E-state index contributed by atoms with van der Waals surface area (Å²) in [5.41, 5.74) is 1.09. The van der Waals surface area contributed by atoms with Gasteiger partial charge in [0.15, 0.2) is 0 Å². The second-order valence-electron chi connectivity index (χ2n) is 2.87. The predicted molar refractivity (Wildman–Crippen MR) is 49.2 cm³/mol. The SMILES string of the molecule is COCCCNCc1cnnn1C. The molecule has 0 fully saturated rings. The maximum Gasteiger partial charge on any atom is 0.0738 e. The molecule has 1 heterocycles. The molecule has 0 aliphatic heterocycles. The van der Waals surface area contributed by atoms with E-state index in [1.807, 2.05) is 7.05 Å². The van der Waals surface area contributed by atoms with Crippen molar-refractivity contribution < 1.29 is 4.74 Å². The van der Waals surface area contributed by atoms with E-state index >= 15 is 0 Å². The molecule has 0 aliphatic carbocycles. The van der Waals surface area contributed by atoms with Crippen molar-refractivity contribution in [2.24, 2.45) is 7.05 Å². The van der Waals surface area contributed by atoms with Crippen LogP contribution in [0.4, 0.5) is 0 Å². The highest BCUT2D eigenvalue weighted by Gasteiger charge is 1.97. The van der Waals surface area contributed by atoms with Gasteiger partial charge >= 0.3 is 0 Å². The Hall–Kier alpha value is -0.940. The second-order valence-corrected chi connectivity index (χ2v) is 2.87. The highest BCUT2D eigenvalue weighted by atomic mass is 16.5. The summed E-state index contributed by atoms with van der Waals surface area (Å²) in [7, 11) is 3.60. The van der Waals surface area contributed by atoms with Crippen LogP contribution in [0.15, 0.2) is 6.20 Å². The molecular formula is C8H16N4O. The van der Waals surface area contributed by atoms with Crippen LogP contribution in [0.5, 0.6) is 0 Å². The minimum atomic E-state index is 0.802. The van der Waals surface area contributed by atoms with Crippen molar-refractivity contribution in [1.29, 1.82) is 0 Å². The summed E-state index contributed by atoms with van der Waals surface area (Å²) in [6.45, 7) is 2.57. The molecule has 13 heavy (non-hydrogen) atoms. The molecule has 5 heteroatoms. The maximum absolute atomic E-state index is 4.93. The zero-order valence-electron chi connectivity index (χ0n) is 8.16. The number of methoxy groups -OCH3 is 1. The van der Waals surface area contributed by atoms with Crippen LogP contribution >= 0.6 is 0 Å². The monoisotopic (exact) mass is 184 g/mol. The first-order chi connectivity index (χ1) is 6.34. The molecule has 0 amide bonds. The number of aryl methyl sites for hydroxylation is 1. The van der Waals surface area contributed by atoms with Gasteiger partial charge in [0, 0.05) is 27.3 Å². The molecular weight excluding hydrogens is 168 g/mol. The third-order valence-electron chi connectivity index (χ3n) is 1.82. The smallest absolute Gasteiger partial charge is 0.0738 e. The average Bonchev–Trinajstić information content (AvgIpc) is 2.52. The normalized spacial score (nSPS) is 10.6. The van der Waals surface area contributed by atoms with Crippen molar-refractivity contribution in [3.05, 3.63) is 11.9 Å². The van der Waals surface area contributed by atoms with E-state index < -0.39 is 0 Å². The first kappa shape index (κ1) is 10.1. The van der Waals surface area contributed by atoms with E-state index in [0.29, 0.717) is 0 Å². The van der Waals surface area contributed by atoms with Crippen molar-refractivity contribution in [2.45, 2.75) is 13.0 Å². The summed E-state index contributed by atoms with van der Waals surface area (Å²) < 4.78 is 6.70. The second kappa shape index (κ2) is 5.66. The summed E-state index contributed by atoms with van der Waals surface area (Å²) >= 11 is 0. The van der Waals surface area contributed by atoms with Crippen LogP contribution in [0, 0.1) is 0 Å². The van der Waals surface area contributed by atoms with Gasteiger partial charge in [-0.2, -0.15) is 0 Å². The summed E-state index contributed by atoms with van der Waals surface area (Å²) in [6, 6.07) is 0. The van der Waals surface area contributed by atoms with Crippen LogP contribution in [-0.2, 0) is 18.3 Å². The van der Waals surface area contributed by atoms with Crippen molar-refractivity contribution in [1.82, 2.24) is 20.3 Å². The number of aromatic nitrogens is 3. The van der Waals surface area contributed by atoms with Crippen molar-refractivity contribution in [2.75, 3.05) is 20.3 Å². The molecule has 0 saturated carbocycles. The van der Waals surface area contributed by atoms with E-state index in [0.717, 1.165) is 31.8 Å². The van der Waals surface area contributed by atoms with E-state index in [2.05, 4.69) is 15.6 Å². The Morgan fingerprint density at radius 1 is 1.62 bits per heavy atom. The van der Waals surface area contributed by atoms with Crippen molar-refractivity contribution >= 4 is 0 Å². The lowest BCUT2D eigenvalue weighted by Gasteiger charge is -2.03. The van der Waals surface area contributed by atoms with Crippen LogP contribution in [0.1, 0.15) is 12.1 Å². The lowest BCUT2D eigenvalue weighted by Crippen LogP contribution is -2.18. The van der Waals surface area contributed by atoms with Crippen molar-refractivity contribution in [3.8, 4) is 0 Å². The largest absolute Gasteiger partial charge is 0.385 e. The van der Waals surface area contributed by atoms with Crippen LogP contribution < -0.4 is 5.32 Å². The molecule has 0 saturated heterocycles. The fourth-order valence-corrected chi connectivity index (χ4v) is 1.03. The van der Waals surface area contributed by atoms with Crippen LogP contribution in [-0.4, -0.2) is 35.3 Å². The third kappa shape index (κ3) is 3.52. The first-order valence-corrected chi connectivity index (χ1v) is 4.38. The van der Waals surface area contributed by atoms with Gasteiger partial charge in [0.05, 0.1) is 11.9 Å². The standard InChI is InChI=1S/C8H16N4O/c1-12-8(7-10-11-12)6-9-4-3-5-13-2/h7,9H,3-6H2,1-2H3. The number of hydrogen-bond acceptors (Lipinski definition) is 4. The highest BCUT2D eigenvalue weighted by Crippen LogP contribution is 1.91. The topological polar surface area (TPSA) is 52.0 Å². The molecule has 0 atom stereocenters. The van der Waals surface area contributed by atoms with Gasteiger partial charge < -0.3 is 10.1 Å². The van der Waals surface area contributed by atoms with Crippen LogP contribution in [0.25, 0.3) is 0 Å². The highest BCUT2D eigenvalue weighted by molar-refractivity contribution is 4.91. The molecule has 1 N–H and O–H groups in total. The Morgan fingerprint density at radius 2 is 2.46 bits per heavy atom. The van der Waals surface area contributed by atoms with E-state index in [-0.39, 0.29) is 0 Å². The van der Waals surface area contributed by atoms with Gasteiger partial charge in [0.25, 0.3) is 0 Å². The third-order valence-corrected chi connectivity index (χ3v) is 1.82. The van der Waals surface area contributed by atoms with Gasteiger partial charge in [-0.15, -0.1) is 5.10 Å². The molecule has 0 spiro atoms. The molecule has 0 bridgehead atoms. The summed E-state index contributed by atoms with van der Waals surface area (Å²) in [5, 5.41) is 10.9. The number of rotatable bonds is 6. The molecule has 0 aromatic carbocycles. The average molecular weight is 184 g/mol. The Morgan fingerprint density at radius 3 is 3.08 bits per heavy atom. The number of hydrogen-bond donors (Lipinski definition) is 1. The van der Waals surface area contributed by atoms with Gasteiger partial charge in [-0.1, -0.05) is 5.21 Å². The number of ether oxygens (including phenoxy) is 1. The molecule has 1 aromatic heterocycles. The van der Waals surface area contributed by atoms with Crippen molar-refractivity contribution in [3.63, 3.8) is 0 Å². The Balaban J connectivity index is 2.10. The van der Waals surface area contributed by atoms with Crippen LogP contribution in [0.2, 0.25) is 0 Å². The van der Waals surface area contributed by atoms with Gasteiger partial charge in [-0.25, -0.2) is 0 Å². The molecule has 0 aliphatic rings. The van der Waals surface area contributed by atoms with E-state index in [1.54, 1.807) is 18.0 Å². The van der Waals surface area contributed by atoms with E-state index in [9.17, 15) is 0 Å². The Labute approximate surface area is 78.1 Å². The van der Waals surface area contributed by atoms with Crippen LogP contribution in [0.3, 0.4) is 0 Å². The fraction of sp³-hybridized carbons (Fsp3) is 0.750. The molecule has 74 valence electrons. The fourth-order valence-electron chi connectivity index (χ4n) is 1.03. The van der Waals surface area contributed by atoms with Gasteiger partial charge in [0.1, 0.15) is 0 Å². The zero-order valence-corrected chi connectivity index (χ0v) is 8.16. The predicted octanol–water partition coefficient (Wildman–Crippen LogP) is -0.0588. The molecule has 5 nitrogen and oxygen atoms in total. The number of nitrogens with one attached hydrogen (secondary N) is 1. The van der Waals surface area contributed by atoms with Gasteiger partial charge in [-0.3, -0.25) is 4.68 Å².